The maximum Gasteiger partial charge on any atom is 0.471 e. The summed E-state index contributed by atoms with van der Waals surface area (Å²) in [5.74, 6) is -1.50. The number of halogens is 3. The summed E-state index contributed by atoms with van der Waals surface area (Å²) < 4.78 is 42.9. The summed E-state index contributed by atoms with van der Waals surface area (Å²) in [7, 11) is 1.46. The highest BCUT2D eigenvalue weighted by Crippen LogP contribution is 2.59. The standard InChI is InChI=1S/C16H16F3NO3/c1-9(21)12-5-10(3-4-13(12)23-2)15-6-11(15)7-20(8-15)14(22)16(17,18)19/h3-5,11H,6-8H2,1-2H3/t11-,15+/m1/s1. The van der Waals surface area contributed by atoms with Gasteiger partial charge < -0.3 is 9.64 Å². The maximum absolute atomic E-state index is 12.6. The third-order valence-electron chi connectivity index (χ3n) is 4.83. The first-order chi connectivity index (χ1) is 10.7. The van der Waals surface area contributed by atoms with E-state index in [1.807, 2.05) is 0 Å². The van der Waals surface area contributed by atoms with Gasteiger partial charge in [-0.05, 0) is 37.0 Å². The highest BCUT2D eigenvalue weighted by Gasteiger charge is 2.63. The van der Waals surface area contributed by atoms with E-state index in [1.165, 1.54) is 14.0 Å². The molecule has 0 radical (unpaired) electrons. The lowest BCUT2D eigenvalue weighted by molar-refractivity contribution is -0.184. The minimum atomic E-state index is -4.84. The molecule has 2 atom stereocenters. The molecule has 4 nitrogen and oxygen atoms in total. The molecule has 1 saturated carbocycles. The van der Waals surface area contributed by atoms with Crippen molar-refractivity contribution in [2.45, 2.75) is 24.9 Å². The van der Waals surface area contributed by atoms with E-state index in [-0.39, 0.29) is 24.8 Å². The van der Waals surface area contributed by atoms with Gasteiger partial charge in [0.2, 0.25) is 0 Å². The molecule has 1 heterocycles. The number of carbonyl (C=O) groups is 2. The highest BCUT2D eigenvalue weighted by atomic mass is 19.4. The second-order valence-corrected chi connectivity index (χ2v) is 6.21. The van der Waals surface area contributed by atoms with Crippen molar-refractivity contribution in [3.8, 4) is 5.75 Å². The number of methoxy groups -OCH3 is 1. The fourth-order valence-electron chi connectivity index (χ4n) is 3.56. The van der Waals surface area contributed by atoms with Gasteiger partial charge in [-0.25, -0.2) is 0 Å². The van der Waals surface area contributed by atoms with E-state index in [4.69, 9.17) is 4.74 Å². The van der Waals surface area contributed by atoms with Gasteiger partial charge in [0.25, 0.3) is 0 Å². The Morgan fingerprint density at radius 2 is 2.04 bits per heavy atom. The zero-order chi connectivity index (χ0) is 17.0. The third-order valence-corrected chi connectivity index (χ3v) is 4.83. The average Bonchev–Trinajstić information content (AvgIpc) is 3.06. The van der Waals surface area contributed by atoms with Crippen molar-refractivity contribution in [1.82, 2.24) is 4.90 Å². The Hall–Kier alpha value is -2.05. The number of hydrogen-bond donors (Lipinski definition) is 0. The number of alkyl halides is 3. The molecule has 2 aliphatic rings. The van der Waals surface area contributed by atoms with Crippen LogP contribution >= 0.6 is 0 Å². The lowest BCUT2D eigenvalue weighted by atomic mass is 9.92. The smallest absolute Gasteiger partial charge is 0.471 e. The van der Waals surface area contributed by atoms with Crippen molar-refractivity contribution in [2.75, 3.05) is 20.2 Å². The summed E-state index contributed by atoms with van der Waals surface area (Å²) in [6.45, 7) is 1.57. The predicted molar refractivity (Wildman–Crippen MR) is 75.4 cm³/mol. The van der Waals surface area contributed by atoms with Crippen LogP contribution in [0, 0.1) is 5.92 Å². The first-order valence-corrected chi connectivity index (χ1v) is 7.24. The molecule has 2 fully saturated rings. The molecule has 1 amide bonds. The van der Waals surface area contributed by atoms with Crippen LogP contribution in [-0.2, 0) is 10.2 Å². The number of hydrogen-bond acceptors (Lipinski definition) is 3. The maximum atomic E-state index is 12.6. The number of nitrogens with zero attached hydrogens (tertiary/aromatic N) is 1. The number of piperidine rings is 1. The number of benzene rings is 1. The Labute approximate surface area is 131 Å². The summed E-state index contributed by atoms with van der Waals surface area (Å²) >= 11 is 0. The molecular formula is C16H16F3NO3. The van der Waals surface area contributed by atoms with Gasteiger partial charge in [0, 0.05) is 18.5 Å². The molecule has 1 aliphatic heterocycles. The summed E-state index contributed by atoms with van der Waals surface area (Å²) in [6, 6.07) is 5.11. The largest absolute Gasteiger partial charge is 0.496 e. The van der Waals surface area contributed by atoms with Crippen molar-refractivity contribution in [3.05, 3.63) is 29.3 Å². The van der Waals surface area contributed by atoms with Crippen LogP contribution in [0.4, 0.5) is 13.2 Å². The highest BCUT2D eigenvalue weighted by molar-refractivity contribution is 5.97. The molecular weight excluding hydrogens is 311 g/mol. The van der Waals surface area contributed by atoms with E-state index >= 15 is 0 Å². The molecule has 0 unspecified atom stereocenters. The Morgan fingerprint density at radius 3 is 2.61 bits per heavy atom. The van der Waals surface area contributed by atoms with Crippen molar-refractivity contribution in [2.24, 2.45) is 5.92 Å². The number of Topliss-reactive ketones (excluding diaryl/α,β-unsaturated/α-hetero) is 1. The number of carbonyl (C=O) groups excluding carboxylic acids is 2. The van der Waals surface area contributed by atoms with Gasteiger partial charge in [0.05, 0.1) is 12.7 Å². The number of rotatable bonds is 3. The number of amides is 1. The van der Waals surface area contributed by atoms with Crippen molar-refractivity contribution in [3.63, 3.8) is 0 Å². The minimum Gasteiger partial charge on any atom is -0.496 e. The van der Waals surface area contributed by atoms with E-state index in [2.05, 4.69) is 0 Å². The molecule has 1 aromatic carbocycles. The van der Waals surface area contributed by atoms with E-state index in [9.17, 15) is 22.8 Å². The van der Waals surface area contributed by atoms with Crippen LogP contribution in [0.1, 0.15) is 29.3 Å². The van der Waals surface area contributed by atoms with Gasteiger partial charge >= 0.3 is 12.1 Å². The molecule has 0 spiro atoms. The van der Waals surface area contributed by atoms with Crippen LogP contribution in [0.5, 0.6) is 5.75 Å². The zero-order valence-electron chi connectivity index (χ0n) is 12.7. The molecule has 7 heteroatoms. The number of ether oxygens (including phenoxy) is 1. The molecule has 1 aliphatic carbocycles. The van der Waals surface area contributed by atoms with Gasteiger partial charge in [-0.2, -0.15) is 13.2 Å². The third kappa shape index (κ3) is 2.48. The van der Waals surface area contributed by atoms with E-state index in [1.54, 1.807) is 18.2 Å². The number of fused-ring (bicyclic) bond motifs is 1. The van der Waals surface area contributed by atoms with E-state index < -0.39 is 17.5 Å². The summed E-state index contributed by atoms with van der Waals surface area (Å²) in [4.78, 5) is 24.0. The topological polar surface area (TPSA) is 46.6 Å². The zero-order valence-corrected chi connectivity index (χ0v) is 12.7. The normalized spacial score (nSPS) is 26.0. The quantitative estimate of drug-likeness (QED) is 0.802. The van der Waals surface area contributed by atoms with Crippen molar-refractivity contribution >= 4 is 11.7 Å². The lowest BCUT2D eigenvalue weighted by Gasteiger charge is -2.22. The van der Waals surface area contributed by atoms with Crippen molar-refractivity contribution < 1.29 is 27.5 Å². The van der Waals surface area contributed by atoms with Crippen LogP contribution in [0.2, 0.25) is 0 Å². The SMILES string of the molecule is COc1ccc([C@@]23C[C@@H]2CN(C(=O)C(F)(F)F)C3)cc1C(C)=O. The Bertz CT molecular complexity index is 686. The molecule has 1 aromatic rings. The van der Waals surface area contributed by atoms with Gasteiger partial charge in [-0.15, -0.1) is 0 Å². The van der Waals surface area contributed by atoms with Gasteiger partial charge in [-0.1, -0.05) is 6.07 Å². The van der Waals surface area contributed by atoms with Gasteiger partial charge in [-0.3, -0.25) is 9.59 Å². The monoisotopic (exact) mass is 327 g/mol. The average molecular weight is 327 g/mol. The lowest BCUT2D eigenvalue weighted by Crippen LogP contribution is -2.41. The second-order valence-electron chi connectivity index (χ2n) is 6.21. The second kappa shape index (κ2) is 4.97. The first kappa shape index (κ1) is 15.8. The first-order valence-electron chi connectivity index (χ1n) is 7.24. The fraction of sp³-hybridized carbons (Fsp3) is 0.500. The molecule has 1 saturated heterocycles. The van der Waals surface area contributed by atoms with E-state index in [0.29, 0.717) is 11.3 Å². The summed E-state index contributed by atoms with van der Waals surface area (Å²) in [5, 5.41) is 0. The van der Waals surface area contributed by atoms with Crippen LogP contribution < -0.4 is 4.74 Å². The molecule has 0 bridgehead atoms. The van der Waals surface area contributed by atoms with Crippen LogP contribution in [0.25, 0.3) is 0 Å². The van der Waals surface area contributed by atoms with E-state index in [0.717, 1.165) is 16.9 Å². The minimum absolute atomic E-state index is 0.0157. The van der Waals surface area contributed by atoms with Crippen molar-refractivity contribution in [1.29, 1.82) is 0 Å². The molecule has 3 rings (SSSR count). The van der Waals surface area contributed by atoms with Crippen LogP contribution in [0.3, 0.4) is 0 Å². The molecule has 0 N–H and O–H groups in total. The van der Waals surface area contributed by atoms with Crippen LogP contribution in [0.15, 0.2) is 18.2 Å². The number of ketones is 1. The molecule has 23 heavy (non-hydrogen) atoms. The number of likely N-dealkylation sites (tertiary alicyclic amines) is 1. The molecule has 0 aromatic heterocycles. The summed E-state index contributed by atoms with van der Waals surface area (Å²) in [5.41, 5.74) is 0.744. The Kier molecular flexibility index (Phi) is 3.42. The van der Waals surface area contributed by atoms with Crippen LogP contribution in [-0.4, -0.2) is 43.0 Å². The molecule has 124 valence electrons. The Morgan fingerprint density at radius 1 is 1.35 bits per heavy atom. The van der Waals surface area contributed by atoms with Gasteiger partial charge in [0.15, 0.2) is 5.78 Å². The Balaban J connectivity index is 1.88. The predicted octanol–water partition coefficient (Wildman–Crippen LogP) is 2.56. The fourth-order valence-corrected chi connectivity index (χ4v) is 3.56. The summed E-state index contributed by atoms with van der Waals surface area (Å²) in [6.07, 6.45) is -4.11. The van der Waals surface area contributed by atoms with Gasteiger partial charge in [0.1, 0.15) is 5.75 Å².